The van der Waals surface area contributed by atoms with Crippen LogP contribution in [-0.4, -0.2) is 16.0 Å². The molecule has 0 aliphatic carbocycles. The largest absolute Gasteiger partial charge is 0.483 e. The molecule has 6 nitrogen and oxygen atoms in total. The number of ether oxygens (including phenoxy) is 1. The molecule has 0 spiro atoms. The van der Waals surface area contributed by atoms with Crippen LogP contribution in [0.25, 0.3) is 11.4 Å². The van der Waals surface area contributed by atoms with E-state index in [0.29, 0.717) is 23.0 Å². The SMILES string of the molecule is Cc1ccc(-c2noc(COc3ccccc3C(=O)N[C@@H](C)c3ccccc3)n2)cc1. The number of nitrogens with one attached hydrogen (secondary N) is 1. The third kappa shape index (κ3) is 4.98. The van der Waals surface area contributed by atoms with Crippen molar-refractivity contribution in [1.29, 1.82) is 0 Å². The summed E-state index contributed by atoms with van der Waals surface area (Å²) in [6.07, 6.45) is 0. The van der Waals surface area contributed by atoms with Crippen LogP contribution in [0, 0.1) is 6.92 Å². The van der Waals surface area contributed by atoms with Crippen LogP contribution < -0.4 is 10.1 Å². The number of rotatable bonds is 7. The van der Waals surface area contributed by atoms with Crippen LogP contribution in [0.15, 0.2) is 83.4 Å². The highest BCUT2D eigenvalue weighted by molar-refractivity contribution is 5.97. The average Bonchev–Trinajstić information content (AvgIpc) is 3.28. The van der Waals surface area contributed by atoms with Crippen molar-refractivity contribution in [2.75, 3.05) is 0 Å². The van der Waals surface area contributed by atoms with Crippen LogP contribution in [-0.2, 0) is 6.61 Å². The Hall–Kier alpha value is -3.93. The van der Waals surface area contributed by atoms with Gasteiger partial charge in [0, 0.05) is 5.56 Å². The van der Waals surface area contributed by atoms with Gasteiger partial charge in [0.05, 0.1) is 11.6 Å². The highest BCUT2D eigenvalue weighted by atomic mass is 16.5. The molecule has 0 saturated carbocycles. The Kier molecular flexibility index (Phi) is 6.08. The average molecular weight is 413 g/mol. The molecule has 31 heavy (non-hydrogen) atoms. The van der Waals surface area contributed by atoms with Crippen LogP contribution in [0.2, 0.25) is 0 Å². The molecule has 0 aliphatic heterocycles. The summed E-state index contributed by atoms with van der Waals surface area (Å²) in [5.74, 6) is 1.08. The second-order valence-corrected chi connectivity index (χ2v) is 7.27. The van der Waals surface area contributed by atoms with Crippen molar-refractivity contribution in [2.24, 2.45) is 0 Å². The van der Waals surface area contributed by atoms with Crippen LogP contribution >= 0.6 is 0 Å². The molecule has 1 N–H and O–H groups in total. The van der Waals surface area contributed by atoms with Crippen LogP contribution in [0.1, 0.15) is 40.3 Å². The molecular formula is C25H23N3O3. The number of amides is 1. The number of para-hydroxylation sites is 1. The first kappa shape index (κ1) is 20.3. The second kappa shape index (κ2) is 9.26. The van der Waals surface area contributed by atoms with Crippen molar-refractivity contribution in [1.82, 2.24) is 15.5 Å². The number of aryl methyl sites for hydroxylation is 1. The first-order chi connectivity index (χ1) is 15.1. The summed E-state index contributed by atoms with van der Waals surface area (Å²) >= 11 is 0. The van der Waals surface area contributed by atoms with Crippen molar-refractivity contribution < 1.29 is 14.1 Å². The number of hydrogen-bond acceptors (Lipinski definition) is 5. The lowest BCUT2D eigenvalue weighted by atomic mass is 10.1. The second-order valence-electron chi connectivity index (χ2n) is 7.27. The Labute approximate surface area is 180 Å². The van der Waals surface area contributed by atoms with Crippen molar-refractivity contribution in [3.8, 4) is 17.1 Å². The number of nitrogens with zero attached hydrogens (tertiary/aromatic N) is 2. The standard InChI is InChI=1S/C25H23N3O3/c1-17-12-14-20(15-13-17)24-27-23(31-28-24)16-30-22-11-7-6-10-21(22)25(29)26-18(2)19-8-4-3-5-9-19/h3-15,18H,16H2,1-2H3,(H,26,29)/t18-/m0/s1. The van der Waals surface area contributed by atoms with Gasteiger partial charge in [-0.1, -0.05) is 77.5 Å². The van der Waals surface area contributed by atoms with Gasteiger partial charge in [-0.05, 0) is 31.5 Å². The van der Waals surface area contributed by atoms with Crippen molar-refractivity contribution in [3.05, 3.63) is 101 Å². The Balaban J connectivity index is 1.43. The fourth-order valence-electron chi connectivity index (χ4n) is 3.15. The molecular weight excluding hydrogens is 390 g/mol. The van der Waals surface area contributed by atoms with Gasteiger partial charge in [-0.2, -0.15) is 4.98 Å². The fraction of sp³-hybridized carbons (Fsp3) is 0.160. The fourth-order valence-corrected chi connectivity index (χ4v) is 3.15. The normalized spacial score (nSPS) is 11.7. The zero-order chi connectivity index (χ0) is 21.6. The van der Waals surface area contributed by atoms with E-state index in [4.69, 9.17) is 9.26 Å². The predicted molar refractivity (Wildman–Crippen MR) is 118 cm³/mol. The van der Waals surface area contributed by atoms with Gasteiger partial charge >= 0.3 is 0 Å². The minimum atomic E-state index is -0.210. The Bertz CT molecular complexity index is 1150. The molecule has 1 atom stereocenters. The molecule has 156 valence electrons. The number of carbonyl (C=O) groups is 1. The summed E-state index contributed by atoms with van der Waals surface area (Å²) in [5, 5.41) is 7.02. The highest BCUT2D eigenvalue weighted by Gasteiger charge is 2.16. The van der Waals surface area contributed by atoms with Crippen LogP contribution in [0.4, 0.5) is 0 Å². The molecule has 1 aromatic heterocycles. The summed E-state index contributed by atoms with van der Waals surface area (Å²) in [4.78, 5) is 17.2. The summed E-state index contributed by atoms with van der Waals surface area (Å²) < 4.78 is 11.1. The summed E-state index contributed by atoms with van der Waals surface area (Å²) in [6.45, 7) is 4.03. The molecule has 0 aliphatic rings. The first-order valence-electron chi connectivity index (χ1n) is 10.1. The highest BCUT2D eigenvalue weighted by Crippen LogP contribution is 2.22. The van der Waals surface area contributed by atoms with E-state index in [1.807, 2.05) is 74.5 Å². The van der Waals surface area contributed by atoms with E-state index in [1.54, 1.807) is 18.2 Å². The Morgan fingerprint density at radius 3 is 2.48 bits per heavy atom. The van der Waals surface area contributed by atoms with Gasteiger partial charge in [-0.3, -0.25) is 4.79 Å². The maximum atomic E-state index is 12.8. The minimum Gasteiger partial charge on any atom is -0.483 e. The lowest BCUT2D eigenvalue weighted by molar-refractivity contribution is 0.0934. The minimum absolute atomic E-state index is 0.0669. The molecule has 4 rings (SSSR count). The lowest BCUT2D eigenvalue weighted by Gasteiger charge is -2.16. The number of hydrogen-bond donors (Lipinski definition) is 1. The van der Waals surface area contributed by atoms with Gasteiger partial charge in [0.25, 0.3) is 11.8 Å². The van der Waals surface area contributed by atoms with Crippen molar-refractivity contribution >= 4 is 5.91 Å². The topological polar surface area (TPSA) is 77.2 Å². The predicted octanol–water partition coefficient (Wildman–Crippen LogP) is 5.12. The quantitative estimate of drug-likeness (QED) is 0.455. The van der Waals surface area contributed by atoms with E-state index >= 15 is 0 Å². The number of benzene rings is 3. The zero-order valence-corrected chi connectivity index (χ0v) is 17.4. The number of carbonyl (C=O) groups excluding carboxylic acids is 1. The lowest BCUT2D eigenvalue weighted by Crippen LogP contribution is -2.27. The Morgan fingerprint density at radius 1 is 1.00 bits per heavy atom. The zero-order valence-electron chi connectivity index (χ0n) is 17.4. The van der Waals surface area contributed by atoms with E-state index < -0.39 is 0 Å². The Morgan fingerprint density at radius 2 is 1.71 bits per heavy atom. The molecule has 0 bridgehead atoms. The van der Waals surface area contributed by atoms with Gasteiger partial charge in [0.1, 0.15) is 5.75 Å². The van der Waals surface area contributed by atoms with Gasteiger partial charge < -0.3 is 14.6 Å². The third-order valence-electron chi connectivity index (χ3n) is 4.91. The molecule has 0 unspecified atom stereocenters. The third-order valence-corrected chi connectivity index (χ3v) is 4.91. The summed E-state index contributed by atoms with van der Waals surface area (Å²) in [5.41, 5.74) is 3.51. The molecule has 1 amide bonds. The van der Waals surface area contributed by atoms with Crippen molar-refractivity contribution in [3.63, 3.8) is 0 Å². The summed E-state index contributed by atoms with van der Waals surface area (Å²) in [6, 6.07) is 24.6. The number of aromatic nitrogens is 2. The molecule has 1 heterocycles. The maximum Gasteiger partial charge on any atom is 0.264 e. The molecule has 0 saturated heterocycles. The maximum absolute atomic E-state index is 12.8. The summed E-state index contributed by atoms with van der Waals surface area (Å²) in [7, 11) is 0. The molecule has 0 radical (unpaired) electrons. The molecule has 3 aromatic carbocycles. The van der Waals surface area contributed by atoms with E-state index in [-0.39, 0.29) is 18.6 Å². The van der Waals surface area contributed by atoms with Gasteiger partial charge in [-0.15, -0.1) is 0 Å². The molecule has 6 heteroatoms. The van der Waals surface area contributed by atoms with E-state index in [2.05, 4.69) is 15.5 Å². The van der Waals surface area contributed by atoms with E-state index in [9.17, 15) is 4.79 Å². The first-order valence-corrected chi connectivity index (χ1v) is 10.1. The van der Waals surface area contributed by atoms with Crippen molar-refractivity contribution in [2.45, 2.75) is 26.5 Å². The molecule has 0 fully saturated rings. The van der Waals surface area contributed by atoms with Gasteiger partial charge in [-0.25, -0.2) is 0 Å². The van der Waals surface area contributed by atoms with Crippen LogP contribution in [0.3, 0.4) is 0 Å². The monoisotopic (exact) mass is 413 g/mol. The smallest absolute Gasteiger partial charge is 0.264 e. The van der Waals surface area contributed by atoms with E-state index in [0.717, 1.165) is 16.7 Å². The van der Waals surface area contributed by atoms with E-state index in [1.165, 1.54) is 0 Å². The van der Waals surface area contributed by atoms with Crippen LogP contribution in [0.5, 0.6) is 5.75 Å². The molecule has 4 aromatic rings. The van der Waals surface area contributed by atoms with Gasteiger partial charge in [0.2, 0.25) is 5.82 Å². The van der Waals surface area contributed by atoms with Gasteiger partial charge in [0.15, 0.2) is 6.61 Å².